The van der Waals surface area contributed by atoms with E-state index >= 15 is 0 Å². The number of ether oxygens (including phenoxy) is 2. The van der Waals surface area contributed by atoms with Gasteiger partial charge in [0, 0.05) is 12.6 Å². The van der Waals surface area contributed by atoms with E-state index in [2.05, 4.69) is 20.8 Å². The van der Waals surface area contributed by atoms with Gasteiger partial charge >= 0.3 is 0 Å². The van der Waals surface area contributed by atoms with E-state index in [1.165, 1.54) is 12.8 Å². The Kier molecular flexibility index (Phi) is 6.45. The number of hydrogen-bond donors (Lipinski definition) is 1. The third kappa shape index (κ3) is 5.84. The first kappa shape index (κ1) is 14.9. The van der Waals surface area contributed by atoms with E-state index in [0.29, 0.717) is 18.6 Å². The van der Waals surface area contributed by atoms with E-state index in [-0.39, 0.29) is 12.1 Å². The molecule has 0 saturated heterocycles. The maximum Gasteiger partial charge on any atom is 0.0732 e. The Bertz CT molecular complexity index is 206. The van der Waals surface area contributed by atoms with Gasteiger partial charge in [0.2, 0.25) is 0 Å². The molecule has 0 heterocycles. The maximum atomic E-state index is 6.10. The Morgan fingerprint density at radius 3 is 2.71 bits per heavy atom. The first-order valence-electron chi connectivity index (χ1n) is 7.00. The molecule has 1 rings (SSSR count). The van der Waals surface area contributed by atoms with Crippen LogP contribution in [0.1, 0.15) is 52.9 Å². The highest BCUT2D eigenvalue weighted by atomic mass is 16.5. The highest BCUT2D eigenvalue weighted by molar-refractivity contribution is 4.87. The Morgan fingerprint density at radius 2 is 2.00 bits per heavy atom. The largest absolute Gasteiger partial charge is 0.379 e. The van der Waals surface area contributed by atoms with Crippen LogP contribution in [0.3, 0.4) is 0 Å². The summed E-state index contributed by atoms with van der Waals surface area (Å²) >= 11 is 0. The molecule has 1 aliphatic carbocycles. The monoisotopic (exact) mass is 243 g/mol. The summed E-state index contributed by atoms with van der Waals surface area (Å²) in [6.45, 7) is 8.99. The van der Waals surface area contributed by atoms with E-state index in [1.807, 2.05) is 0 Å². The molecule has 0 bridgehead atoms. The Labute approximate surface area is 106 Å². The fourth-order valence-electron chi connectivity index (χ4n) is 2.33. The minimum Gasteiger partial charge on any atom is -0.379 e. The van der Waals surface area contributed by atoms with Gasteiger partial charge in [-0.3, -0.25) is 0 Å². The Hall–Kier alpha value is -0.120. The predicted octanol–water partition coefficient (Wildman–Crippen LogP) is 2.73. The number of nitrogens with two attached hydrogens (primary N) is 1. The Balaban J connectivity index is 2.12. The van der Waals surface area contributed by atoms with Crippen LogP contribution in [0.15, 0.2) is 0 Å². The first-order valence-corrected chi connectivity index (χ1v) is 7.00. The lowest BCUT2D eigenvalue weighted by Crippen LogP contribution is -2.45. The summed E-state index contributed by atoms with van der Waals surface area (Å²) in [5.74, 6) is 0. The van der Waals surface area contributed by atoms with Crippen molar-refractivity contribution < 1.29 is 9.47 Å². The zero-order valence-corrected chi connectivity index (χ0v) is 11.7. The molecule has 2 N–H and O–H groups in total. The highest BCUT2D eigenvalue weighted by Gasteiger charge is 2.33. The molecular formula is C14H29NO2. The van der Waals surface area contributed by atoms with Crippen LogP contribution in [0.4, 0.5) is 0 Å². The van der Waals surface area contributed by atoms with Crippen LogP contribution < -0.4 is 5.73 Å². The minimum absolute atomic E-state index is 0.207. The van der Waals surface area contributed by atoms with Gasteiger partial charge in [0.25, 0.3) is 0 Å². The van der Waals surface area contributed by atoms with Crippen LogP contribution in [-0.4, -0.2) is 32.0 Å². The molecule has 1 saturated carbocycles. The van der Waals surface area contributed by atoms with E-state index in [9.17, 15) is 0 Å². The molecule has 0 radical (unpaired) electrons. The molecule has 0 aliphatic heterocycles. The molecule has 0 aromatic rings. The molecule has 0 amide bonds. The molecule has 0 spiro atoms. The number of rotatable bonds is 7. The van der Waals surface area contributed by atoms with Crippen molar-refractivity contribution in [2.45, 2.75) is 65.0 Å². The Morgan fingerprint density at radius 1 is 1.24 bits per heavy atom. The summed E-state index contributed by atoms with van der Waals surface area (Å²) < 4.78 is 11.3. The average molecular weight is 243 g/mol. The van der Waals surface area contributed by atoms with Crippen molar-refractivity contribution >= 4 is 0 Å². The lowest BCUT2D eigenvalue weighted by Gasteiger charge is -2.38. The molecule has 0 aromatic heterocycles. The van der Waals surface area contributed by atoms with Gasteiger partial charge in [0.15, 0.2) is 0 Å². The van der Waals surface area contributed by atoms with Crippen LogP contribution >= 0.6 is 0 Å². The van der Waals surface area contributed by atoms with E-state index < -0.39 is 0 Å². The van der Waals surface area contributed by atoms with Crippen LogP contribution in [0.5, 0.6) is 0 Å². The molecule has 0 aromatic carbocycles. The summed E-state index contributed by atoms with van der Waals surface area (Å²) in [7, 11) is 0. The molecule has 1 aliphatic rings. The zero-order chi connectivity index (χ0) is 12.7. The SMILES string of the molecule is CCCCOCCOC1CC(C)(C)CCC1N. The van der Waals surface area contributed by atoms with Crippen LogP contribution in [0.25, 0.3) is 0 Å². The van der Waals surface area contributed by atoms with Gasteiger partial charge in [-0.15, -0.1) is 0 Å². The summed E-state index contributed by atoms with van der Waals surface area (Å²) in [6, 6.07) is 0.207. The summed E-state index contributed by atoms with van der Waals surface area (Å²) in [4.78, 5) is 0. The molecule has 2 unspecified atom stereocenters. The van der Waals surface area contributed by atoms with Crippen molar-refractivity contribution in [2.24, 2.45) is 11.1 Å². The van der Waals surface area contributed by atoms with Gasteiger partial charge in [0.05, 0.1) is 19.3 Å². The van der Waals surface area contributed by atoms with Gasteiger partial charge in [0.1, 0.15) is 0 Å². The molecule has 2 atom stereocenters. The maximum absolute atomic E-state index is 6.10. The molecule has 17 heavy (non-hydrogen) atoms. The van der Waals surface area contributed by atoms with Crippen LogP contribution in [-0.2, 0) is 9.47 Å². The number of unbranched alkanes of at least 4 members (excludes halogenated alkanes) is 1. The van der Waals surface area contributed by atoms with Crippen molar-refractivity contribution in [3.63, 3.8) is 0 Å². The van der Waals surface area contributed by atoms with Crippen LogP contribution in [0.2, 0.25) is 0 Å². The second kappa shape index (κ2) is 7.34. The van der Waals surface area contributed by atoms with Gasteiger partial charge < -0.3 is 15.2 Å². The summed E-state index contributed by atoms with van der Waals surface area (Å²) in [6.07, 6.45) is 5.89. The lowest BCUT2D eigenvalue weighted by atomic mass is 9.74. The first-order chi connectivity index (χ1) is 8.05. The van der Waals surface area contributed by atoms with Crippen molar-refractivity contribution in [3.8, 4) is 0 Å². The van der Waals surface area contributed by atoms with Crippen molar-refractivity contribution in [3.05, 3.63) is 0 Å². The van der Waals surface area contributed by atoms with Crippen molar-refractivity contribution in [2.75, 3.05) is 19.8 Å². The quantitative estimate of drug-likeness (QED) is 0.699. The second-order valence-electron chi connectivity index (χ2n) is 5.95. The van der Waals surface area contributed by atoms with E-state index in [0.717, 1.165) is 25.9 Å². The van der Waals surface area contributed by atoms with Crippen LogP contribution in [0, 0.1) is 5.41 Å². The fraction of sp³-hybridized carbons (Fsp3) is 1.00. The highest BCUT2D eigenvalue weighted by Crippen LogP contribution is 2.35. The average Bonchev–Trinajstić information content (AvgIpc) is 2.28. The van der Waals surface area contributed by atoms with Gasteiger partial charge in [-0.05, 0) is 31.1 Å². The third-order valence-corrected chi connectivity index (χ3v) is 3.59. The smallest absolute Gasteiger partial charge is 0.0732 e. The van der Waals surface area contributed by atoms with E-state index in [1.54, 1.807) is 0 Å². The molecule has 1 fully saturated rings. The predicted molar refractivity (Wildman–Crippen MR) is 71.1 cm³/mol. The molecule has 3 nitrogen and oxygen atoms in total. The van der Waals surface area contributed by atoms with Gasteiger partial charge in [-0.25, -0.2) is 0 Å². The lowest BCUT2D eigenvalue weighted by molar-refractivity contribution is -0.0423. The van der Waals surface area contributed by atoms with Crippen molar-refractivity contribution in [1.82, 2.24) is 0 Å². The third-order valence-electron chi connectivity index (χ3n) is 3.59. The molecule has 3 heteroatoms. The second-order valence-corrected chi connectivity index (χ2v) is 5.95. The fourth-order valence-corrected chi connectivity index (χ4v) is 2.33. The molecular weight excluding hydrogens is 214 g/mol. The van der Waals surface area contributed by atoms with Crippen molar-refractivity contribution in [1.29, 1.82) is 0 Å². The van der Waals surface area contributed by atoms with Gasteiger partial charge in [-0.2, -0.15) is 0 Å². The summed E-state index contributed by atoms with van der Waals surface area (Å²) in [5.41, 5.74) is 6.48. The topological polar surface area (TPSA) is 44.5 Å². The zero-order valence-electron chi connectivity index (χ0n) is 11.7. The standard InChI is InChI=1S/C14H29NO2/c1-4-5-8-16-9-10-17-13-11-14(2,3)7-6-12(13)15/h12-13H,4-11,15H2,1-3H3. The van der Waals surface area contributed by atoms with E-state index in [4.69, 9.17) is 15.2 Å². The minimum atomic E-state index is 0.207. The normalized spacial score (nSPS) is 28.2. The summed E-state index contributed by atoms with van der Waals surface area (Å²) in [5, 5.41) is 0. The van der Waals surface area contributed by atoms with Gasteiger partial charge in [-0.1, -0.05) is 27.2 Å². The molecule has 102 valence electrons. The number of hydrogen-bond acceptors (Lipinski definition) is 3.